The predicted octanol–water partition coefficient (Wildman–Crippen LogP) is 1.84. The number of rotatable bonds is 7. The van der Waals surface area contributed by atoms with E-state index in [0.717, 1.165) is 37.7 Å². The van der Waals surface area contributed by atoms with Crippen molar-refractivity contribution >= 4 is 5.82 Å². The Bertz CT molecular complexity index is 300. The molecule has 0 amide bonds. The van der Waals surface area contributed by atoms with Gasteiger partial charge in [-0.2, -0.15) is 0 Å². The van der Waals surface area contributed by atoms with Crippen molar-refractivity contribution in [1.82, 2.24) is 9.88 Å². The second-order valence-corrected chi connectivity index (χ2v) is 3.51. The summed E-state index contributed by atoms with van der Waals surface area (Å²) < 4.78 is 5.22. The summed E-state index contributed by atoms with van der Waals surface area (Å²) in [4.78, 5) is 6.61. The molecule has 4 heteroatoms. The van der Waals surface area contributed by atoms with E-state index in [0.29, 0.717) is 0 Å². The molecule has 0 aliphatic heterocycles. The highest BCUT2D eigenvalue weighted by atomic mass is 16.5. The van der Waals surface area contributed by atoms with Crippen molar-refractivity contribution in [3.8, 4) is 5.75 Å². The van der Waals surface area contributed by atoms with E-state index in [1.165, 1.54) is 0 Å². The first-order valence-corrected chi connectivity index (χ1v) is 5.77. The van der Waals surface area contributed by atoms with Crippen molar-refractivity contribution in [3.63, 3.8) is 0 Å². The lowest BCUT2D eigenvalue weighted by molar-refractivity contribution is 0.315. The number of pyridine rings is 1. The lowest BCUT2D eigenvalue weighted by atomic mass is 10.4. The Balaban J connectivity index is 2.42. The highest BCUT2D eigenvalue weighted by Gasteiger charge is 2.03. The first-order chi connectivity index (χ1) is 7.81. The number of anilines is 1. The molecule has 1 rings (SSSR count). The Morgan fingerprint density at radius 2 is 2.12 bits per heavy atom. The lowest BCUT2D eigenvalue weighted by Crippen LogP contribution is -2.28. The summed E-state index contributed by atoms with van der Waals surface area (Å²) in [6, 6.07) is 3.78. The maximum absolute atomic E-state index is 5.22. The van der Waals surface area contributed by atoms with Gasteiger partial charge in [0.15, 0.2) is 11.6 Å². The molecule has 0 radical (unpaired) electrons. The van der Waals surface area contributed by atoms with Crippen LogP contribution in [0.25, 0.3) is 0 Å². The fourth-order valence-electron chi connectivity index (χ4n) is 1.56. The molecule has 1 aromatic heterocycles. The third kappa shape index (κ3) is 3.70. The van der Waals surface area contributed by atoms with E-state index in [-0.39, 0.29) is 0 Å². The second-order valence-electron chi connectivity index (χ2n) is 3.51. The Kier molecular flexibility index (Phi) is 5.64. The molecule has 0 saturated heterocycles. The Morgan fingerprint density at radius 1 is 1.38 bits per heavy atom. The smallest absolute Gasteiger partial charge is 0.168 e. The molecule has 0 spiro atoms. The van der Waals surface area contributed by atoms with Gasteiger partial charge in [0.2, 0.25) is 0 Å². The van der Waals surface area contributed by atoms with E-state index in [1.807, 2.05) is 12.1 Å². The topological polar surface area (TPSA) is 37.4 Å². The SMILES string of the molecule is CCN(CC)CCNc1ncccc1OC. The fraction of sp³-hybridized carbons (Fsp3) is 0.583. The summed E-state index contributed by atoms with van der Waals surface area (Å²) >= 11 is 0. The van der Waals surface area contributed by atoms with E-state index >= 15 is 0 Å². The molecule has 0 aromatic carbocycles. The molecule has 0 fully saturated rings. The van der Waals surface area contributed by atoms with Crippen LogP contribution in [-0.2, 0) is 0 Å². The zero-order valence-corrected chi connectivity index (χ0v) is 10.4. The minimum absolute atomic E-state index is 0.794. The largest absolute Gasteiger partial charge is 0.493 e. The van der Waals surface area contributed by atoms with Crippen molar-refractivity contribution in [2.24, 2.45) is 0 Å². The van der Waals surface area contributed by atoms with E-state index < -0.39 is 0 Å². The summed E-state index contributed by atoms with van der Waals surface area (Å²) in [5.41, 5.74) is 0. The van der Waals surface area contributed by atoms with Gasteiger partial charge in [-0.15, -0.1) is 0 Å². The van der Waals surface area contributed by atoms with Crippen LogP contribution in [0.2, 0.25) is 0 Å². The molecule has 4 nitrogen and oxygen atoms in total. The average molecular weight is 223 g/mol. The van der Waals surface area contributed by atoms with Crippen LogP contribution in [0.3, 0.4) is 0 Å². The van der Waals surface area contributed by atoms with Crippen LogP contribution in [0.15, 0.2) is 18.3 Å². The monoisotopic (exact) mass is 223 g/mol. The summed E-state index contributed by atoms with van der Waals surface area (Å²) in [6.07, 6.45) is 1.77. The molecule has 0 aliphatic rings. The fourth-order valence-corrected chi connectivity index (χ4v) is 1.56. The Hall–Kier alpha value is -1.29. The molecule has 0 atom stereocenters. The van der Waals surface area contributed by atoms with Gasteiger partial charge in [-0.1, -0.05) is 13.8 Å². The predicted molar refractivity (Wildman–Crippen MR) is 67.1 cm³/mol. The first kappa shape index (κ1) is 12.8. The van der Waals surface area contributed by atoms with E-state index in [1.54, 1.807) is 13.3 Å². The first-order valence-electron chi connectivity index (χ1n) is 5.77. The molecular weight excluding hydrogens is 202 g/mol. The third-order valence-electron chi connectivity index (χ3n) is 2.61. The maximum Gasteiger partial charge on any atom is 0.168 e. The van der Waals surface area contributed by atoms with Crippen LogP contribution < -0.4 is 10.1 Å². The summed E-state index contributed by atoms with van der Waals surface area (Å²) in [7, 11) is 1.66. The number of nitrogens with one attached hydrogen (secondary N) is 1. The maximum atomic E-state index is 5.22. The van der Waals surface area contributed by atoms with Crippen LogP contribution in [0, 0.1) is 0 Å². The molecule has 0 aliphatic carbocycles. The van der Waals surface area contributed by atoms with Crippen LogP contribution in [0.1, 0.15) is 13.8 Å². The molecular formula is C12H21N3O. The second kappa shape index (κ2) is 7.06. The number of aromatic nitrogens is 1. The lowest BCUT2D eigenvalue weighted by Gasteiger charge is -2.18. The van der Waals surface area contributed by atoms with Crippen LogP contribution in [-0.4, -0.2) is 43.2 Å². The van der Waals surface area contributed by atoms with E-state index in [9.17, 15) is 0 Å². The molecule has 1 aromatic rings. The normalized spacial score (nSPS) is 10.5. The van der Waals surface area contributed by atoms with Crippen LogP contribution in [0.4, 0.5) is 5.82 Å². The number of hydrogen-bond acceptors (Lipinski definition) is 4. The Morgan fingerprint density at radius 3 is 2.75 bits per heavy atom. The van der Waals surface area contributed by atoms with Crippen molar-refractivity contribution < 1.29 is 4.74 Å². The van der Waals surface area contributed by atoms with Gasteiger partial charge in [0.1, 0.15) is 0 Å². The zero-order valence-electron chi connectivity index (χ0n) is 10.4. The van der Waals surface area contributed by atoms with Gasteiger partial charge in [0, 0.05) is 19.3 Å². The standard InChI is InChI=1S/C12H21N3O/c1-4-15(5-2)10-9-14-12-11(16-3)7-6-8-13-12/h6-8H,4-5,9-10H2,1-3H3,(H,13,14). The quantitative estimate of drug-likeness (QED) is 0.765. The minimum Gasteiger partial charge on any atom is -0.493 e. The molecule has 0 unspecified atom stereocenters. The zero-order chi connectivity index (χ0) is 11.8. The van der Waals surface area contributed by atoms with Gasteiger partial charge < -0.3 is 15.0 Å². The van der Waals surface area contributed by atoms with Crippen molar-refractivity contribution in [2.75, 3.05) is 38.6 Å². The van der Waals surface area contributed by atoms with Gasteiger partial charge in [0.25, 0.3) is 0 Å². The summed E-state index contributed by atoms with van der Waals surface area (Å²) in [5, 5.41) is 3.29. The number of hydrogen-bond donors (Lipinski definition) is 1. The third-order valence-corrected chi connectivity index (χ3v) is 2.61. The highest BCUT2D eigenvalue weighted by Crippen LogP contribution is 2.19. The molecule has 1 heterocycles. The summed E-state index contributed by atoms with van der Waals surface area (Å²) in [6.45, 7) is 8.41. The Labute approximate surface area is 97.6 Å². The average Bonchev–Trinajstić information content (AvgIpc) is 2.35. The molecule has 16 heavy (non-hydrogen) atoms. The van der Waals surface area contributed by atoms with Gasteiger partial charge in [-0.25, -0.2) is 4.98 Å². The van der Waals surface area contributed by atoms with Gasteiger partial charge in [-0.3, -0.25) is 0 Å². The molecule has 0 bridgehead atoms. The van der Waals surface area contributed by atoms with E-state index in [4.69, 9.17) is 4.74 Å². The van der Waals surface area contributed by atoms with Gasteiger partial charge >= 0.3 is 0 Å². The van der Waals surface area contributed by atoms with Gasteiger partial charge in [-0.05, 0) is 25.2 Å². The number of nitrogens with zero attached hydrogens (tertiary/aromatic N) is 2. The summed E-state index contributed by atoms with van der Waals surface area (Å²) in [5.74, 6) is 1.61. The number of likely N-dealkylation sites (N-methyl/N-ethyl adjacent to an activating group) is 1. The minimum atomic E-state index is 0.794. The molecule has 1 N–H and O–H groups in total. The molecule has 90 valence electrons. The van der Waals surface area contributed by atoms with E-state index in [2.05, 4.69) is 29.0 Å². The van der Waals surface area contributed by atoms with Crippen LogP contribution >= 0.6 is 0 Å². The number of ether oxygens (including phenoxy) is 1. The number of methoxy groups -OCH3 is 1. The van der Waals surface area contributed by atoms with Crippen molar-refractivity contribution in [1.29, 1.82) is 0 Å². The van der Waals surface area contributed by atoms with Crippen LogP contribution in [0.5, 0.6) is 5.75 Å². The van der Waals surface area contributed by atoms with Crippen molar-refractivity contribution in [2.45, 2.75) is 13.8 Å². The van der Waals surface area contributed by atoms with Crippen molar-refractivity contribution in [3.05, 3.63) is 18.3 Å². The molecule has 0 saturated carbocycles. The highest BCUT2D eigenvalue weighted by molar-refractivity contribution is 5.49. The van der Waals surface area contributed by atoms with Gasteiger partial charge in [0.05, 0.1) is 7.11 Å².